The number of nitrogens with two attached hydrogens (primary N) is 1. The van der Waals surface area contributed by atoms with E-state index >= 15 is 0 Å². The molecule has 0 aliphatic carbocycles. The largest absolute Gasteiger partial charge is 0.481 e. The number of carbonyl (C=O) groups excluding carboxylic acids is 6. The molecule has 0 aromatic heterocycles. The van der Waals surface area contributed by atoms with E-state index in [1.807, 2.05) is 0 Å². The Morgan fingerprint density at radius 1 is 0.925 bits per heavy atom. The number of hydrogen-bond donors (Lipinski definition) is 5. The molecule has 13 heteroatoms. The van der Waals surface area contributed by atoms with Crippen LogP contribution in [0.25, 0.3) is 0 Å². The molecule has 0 bridgehead atoms. The Kier molecular flexibility index (Phi) is 21.6. The molecule has 0 radical (unpaired) electrons. The number of carbonyl (C=O) groups is 7. The van der Waals surface area contributed by atoms with Crippen LogP contribution in [0.15, 0.2) is 12.2 Å². The molecule has 40 heavy (non-hydrogen) atoms. The van der Waals surface area contributed by atoms with E-state index in [-0.39, 0.29) is 49.9 Å². The van der Waals surface area contributed by atoms with Crippen molar-refractivity contribution >= 4 is 41.4 Å². The van der Waals surface area contributed by atoms with Crippen LogP contribution in [0, 0.1) is 12.8 Å². The minimum absolute atomic E-state index is 0.0135. The van der Waals surface area contributed by atoms with Crippen LogP contribution in [0.2, 0.25) is 0 Å². The summed E-state index contributed by atoms with van der Waals surface area (Å²) in [6.45, 7) is 6.30. The third-order valence-electron chi connectivity index (χ3n) is 5.24. The van der Waals surface area contributed by atoms with Gasteiger partial charge in [-0.15, -0.1) is 12.8 Å². The molecule has 6 amide bonds. The lowest BCUT2D eigenvalue weighted by Gasteiger charge is -2.22. The third-order valence-corrected chi connectivity index (χ3v) is 5.24. The van der Waals surface area contributed by atoms with Crippen LogP contribution < -0.4 is 21.7 Å². The second-order valence-electron chi connectivity index (χ2n) is 8.71. The Morgan fingerprint density at radius 2 is 1.50 bits per heavy atom. The zero-order valence-corrected chi connectivity index (χ0v) is 23.6. The predicted molar refractivity (Wildman–Crippen MR) is 148 cm³/mol. The standard InChI is InChI=1S/C22H33N5O8.C3H8.C2H2/c1-2-16(28)14(7-6-11-24-22(23)35)26-21(34)15(13-20(32)33)25-17(29)8-4-3-5-12-27-18(30)9-10-19(27)31;1-3-2;1-2/h9-10,14-15H,2-8,11-13H2,1H3,(H,25,29)(H,26,34)(H,32,33)(H3,23,24,35);3H2,1-2H3;1-2H/t14-,15-;;/m0../s1. The molecule has 1 aliphatic heterocycles. The number of imide groups is 1. The molecule has 0 saturated heterocycles. The van der Waals surface area contributed by atoms with E-state index in [0.29, 0.717) is 25.7 Å². The van der Waals surface area contributed by atoms with Crippen molar-refractivity contribution in [2.24, 2.45) is 5.73 Å². The average molecular weight is 566 g/mol. The lowest BCUT2D eigenvalue weighted by molar-refractivity contribution is -0.141. The highest BCUT2D eigenvalue weighted by Gasteiger charge is 2.28. The first-order valence-electron chi connectivity index (χ1n) is 13.2. The molecular formula is C27H43N5O8. The number of carboxylic acid groups (broad SMARTS) is 1. The lowest BCUT2D eigenvalue weighted by atomic mass is 10.0. The fourth-order valence-electron chi connectivity index (χ4n) is 3.38. The number of nitrogens with zero attached hydrogens (tertiary/aromatic N) is 1. The maximum absolute atomic E-state index is 12.7. The monoisotopic (exact) mass is 565 g/mol. The Balaban J connectivity index is 0. The van der Waals surface area contributed by atoms with Gasteiger partial charge in [-0.05, 0) is 25.7 Å². The quantitative estimate of drug-likeness (QED) is 0.0975. The fraction of sp³-hybridized carbons (Fsp3) is 0.593. The molecule has 1 aliphatic rings. The van der Waals surface area contributed by atoms with E-state index < -0.39 is 42.3 Å². The van der Waals surface area contributed by atoms with Crippen molar-refractivity contribution in [2.45, 2.75) is 90.6 Å². The van der Waals surface area contributed by atoms with Crippen molar-refractivity contribution in [3.8, 4) is 12.8 Å². The van der Waals surface area contributed by atoms with Crippen LogP contribution in [-0.4, -0.2) is 76.6 Å². The summed E-state index contributed by atoms with van der Waals surface area (Å²) in [6, 6.07) is -2.99. The average Bonchev–Trinajstić information content (AvgIpc) is 3.22. The first-order valence-corrected chi connectivity index (χ1v) is 13.2. The molecule has 1 rings (SSSR count). The lowest BCUT2D eigenvalue weighted by Crippen LogP contribution is -2.52. The van der Waals surface area contributed by atoms with Crippen molar-refractivity contribution in [1.29, 1.82) is 0 Å². The van der Waals surface area contributed by atoms with Gasteiger partial charge in [0.2, 0.25) is 11.8 Å². The topological polar surface area (TPSA) is 205 Å². The number of hydrogen-bond acceptors (Lipinski definition) is 7. The van der Waals surface area contributed by atoms with Gasteiger partial charge >= 0.3 is 12.0 Å². The summed E-state index contributed by atoms with van der Waals surface area (Å²) in [5, 5.41) is 16.4. The highest BCUT2D eigenvalue weighted by Crippen LogP contribution is 2.08. The van der Waals surface area contributed by atoms with E-state index in [0.717, 1.165) is 4.90 Å². The molecule has 0 fully saturated rings. The van der Waals surface area contributed by atoms with Gasteiger partial charge in [0.25, 0.3) is 11.8 Å². The highest BCUT2D eigenvalue weighted by atomic mass is 16.4. The van der Waals surface area contributed by atoms with Gasteiger partial charge in [-0.3, -0.25) is 33.7 Å². The molecule has 2 atom stereocenters. The van der Waals surface area contributed by atoms with Gasteiger partial charge in [-0.2, -0.15) is 0 Å². The molecule has 0 unspecified atom stereocenters. The number of terminal acetylenes is 1. The third kappa shape index (κ3) is 17.3. The van der Waals surface area contributed by atoms with Crippen molar-refractivity contribution in [3.63, 3.8) is 0 Å². The molecular weight excluding hydrogens is 522 g/mol. The SMILES string of the molecule is C#C.CCC.CCC(=O)[C@H](CCCNC(N)=O)NC(=O)[C@H](CC(=O)O)NC(=O)CCCCCN1C(=O)C=CC1=O. The molecule has 0 spiro atoms. The zero-order chi connectivity index (χ0) is 31.1. The van der Waals surface area contributed by atoms with Gasteiger partial charge in [-0.1, -0.05) is 33.6 Å². The minimum atomic E-state index is -1.37. The molecule has 224 valence electrons. The van der Waals surface area contributed by atoms with Gasteiger partial charge in [0, 0.05) is 38.1 Å². The van der Waals surface area contributed by atoms with Crippen molar-refractivity contribution in [2.75, 3.05) is 13.1 Å². The number of urea groups is 1. The number of rotatable bonds is 17. The van der Waals surface area contributed by atoms with E-state index in [1.54, 1.807) is 6.92 Å². The number of Topliss-reactive ketones (excluding diaryl/α,β-unsaturated/α-hetero) is 1. The van der Waals surface area contributed by atoms with E-state index in [4.69, 9.17) is 10.8 Å². The summed E-state index contributed by atoms with van der Waals surface area (Å²) in [5.74, 6) is -3.66. The summed E-state index contributed by atoms with van der Waals surface area (Å²) >= 11 is 0. The Hall–Kier alpha value is -4.21. The molecule has 6 N–H and O–H groups in total. The molecule has 1 heterocycles. The summed E-state index contributed by atoms with van der Waals surface area (Å²) in [4.78, 5) is 83.2. The van der Waals surface area contributed by atoms with Gasteiger partial charge in [0.05, 0.1) is 12.5 Å². The van der Waals surface area contributed by atoms with Crippen LogP contribution in [0.1, 0.15) is 78.6 Å². The van der Waals surface area contributed by atoms with Crippen LogP contribution in [0.3, 0.4) is 0 Å². The van der Waals surface area contributed by atoms with Gasteiger partial charge in [-0.25, -0.2) is 4.79 Å². The van der Waals surface area contributed by atoms with Crippen LogP contribution in [0.5, 0.6) is 0 Å². The summed E-state index contributed by atoms with van der Waals surface area (Å²) in [6.07, 6.45) is 13.1. The van der Waals surface area contributed by atoms with Gasteiger partial charge in [0.15, 0.2) is 5.78 Å². The van der Waals surface area contributed by atoms with Crippen LogP contribution in [-0.2, 0) is 28.8 Å². The first-order chi connectivity index (χ1) is 19.0. The number of aliphatic carboxylic acids is 1. The first kappa shape index (κ1) is 37.9. The highest BCUT2D eigenvalue weighted by molar-refractivity contribution is 6.12. The van der Waals surface area contributed by atoms with Crippen molar-refractivity contribution in [1.82, 2.24) is 20.9 Å². The number of primary amides is 1. The Bertz CT molecular complexity index is 898. The van der Waals surface area contributed by atoms with E-state index in [2.05, 4.69) is 42.6 Å². The second-order valence-corrected chi connectivity index (χ2v) is 8.71. The summed E-state index contributed by atoms with van der Waals surface area (Å²) in [7, 11) is 0. The normalized spacial score (nSPS) is 13.1. The number of amides is 6. The fourth-order valence-corrected chi connectivity index (χ4v) is 3.38. The van der Waals surface area contributed by atoms with Crippen LogP contribution in [0.4, 0.5) is 4.79 Å². The Morgan fingerprint density at radius 3 is 2.00 bits per heavy atom. The maximum atomic E-state index is 12.7. The predicted octanol–water partition coefficient (Wildman–Crippen LogP) is 1.01. The minimum Gasteiger partial charge on any atom is -0.481 e. The van der Waals surface area contributed by atoms with E-state index in [9.17, 15) is 33.6 Å². The van der Waals surface area contributed by atoms with Crippen molar-refractivity contribution < 1.29 is 38.7 Å². The number of carboxylic acids is 1. The molecule has 0 aromatic carbocycles. The van der Waals surface area contributed by atoms with Gasteiger partial charge in [0.1, 0.15) is 6.04 Å². The van der Waals surface area contributed by atoms with E-state index in [1.165, 1.54) is 18.6 Å². The second kappa shape index (κ2) is 22.7. The maximum Gasteiger partial charge on any atom is 0.312 e. The smallest absolute Gasteiger partial charge is 0.312 e. The van der Waals surface area contributed by atoms with Crippen LogP contribution >= 0.6 is 0 Å². The molecule has 0 saturated carbocycles. The summed E-state index contributed by atoms with van der Waals surface area (Å²) < 4.78 is 0. The number of ketones is 1. The molecule has 13 nitrogen and oxygen atoms in total. The Labute approximate surface area is 235 Å². The summed E-state index contributed by atoms with van der Waals surface area (Å²) in [5.41, 5.74) is 4.99. The molecule has 0 aromatic rings. The number of unbranched alkanes of at least 4 members (excludes halogenated alkanes) is 2. The van der Waals surface area contributed by atoms with Crippen molar-refractivity contribution in [3.05, 3.63) is 12.2 Å². The number of nitrogens with one attached hydrogen (secondary N) is 3. The van der Waals surface area contributed by atoms with Gasteiger partial charge < -0.3 is 26.8 Å². The zero-order valence-electron chi connectivity index (χ0n) is 23.6.